The number of hydrogen-bond donors (Lipinski definition) is 1. The van der Waals surface area contributed by atoms with Gasteiger partial charge in [-0.1, -0.05) is 70.0 Å². The molecular formula is C34H24BrClN4O2. The number of carbonyl (C=O) groups excluding carboxylic acids is 1. The zero-order valence-electron chi connectivity index (χ0n) is 22.5. The number of hydrazone groups is 1. The smallest absolute Gasteiger partial charge is 0.277 e. The summed E-state index contributed by atoms with van der Waals surface area (Å²) in [7, 11) is 0. The highest BCUT2D eigenvalue weighted by atomic mass is 79.9. The Kier molecular flexibility index (Phi) is 7.95. The molecule has 0 spiro atoms. The number of halogens is 2. The lowest BCUT2D eigenvalue weighted by atomic mass is 9.98. The molecule has 0 saturated carbocycles. The number of benzene rings is 4. The Morgan fingerprint density at radius 1 is 0.905 bits per heavy atom. The van der Waals surface area contributed by atoms with E-state index in [4.69, 9.17) is 21.3 Å². The van der Waals surface area contributed by atoms with Gasteiger partial charge >= 0.3 is 0 Å². The third-order valence-electron chi connectivity index (χ3n) is 6.72. The number of ether oxygens (including phenoxy) is 1. The van der Waals surface area contributed by atoms with E-state index >= 15 is 0 Å². The fourth-order valence-corrected chi connectivity index (χ4v) is 5.20. The number of carbonyl (C=O) groups is 1. The van der Waals surface area contributed by atoms with Gasteiger partial charge in [0.25, 0.3) is 5.91 Å². The fourth-order valence-electron chi connectivity index (χ4n) is 4.64. The molecule has 0 aliphatic heterocycles. The van der Waals surface area contributed by atoms with Gasteiger partial charge in [0.1, 0.15) is 10.9 Å². The molecular weight excluding hydrogens is 612 g/mol. The van der Waals surface area contributed by atoms with Crippen LogP contribution in [0.2, 0.25) is 5.15 Å². The summed E-state index contributed by atoms with van der Waals surface area (Å²) in [5, 5.41) is 6.34. The minimum atomic E-state index is -0.398. The van der Waals surface area contributed by atoms with Crippen LogP contribution in [0.15, 0.2) is 113 Å². The molecule has 1 amide bonds. The number of nitrogens with one attached hydrogen (secondary N) is 1. The minimum absolute atomic E-state index is 0.194. The maximum atomic E-state index is 12.3. The average Bonchev–Trinajstić information content (AvgIpc) is 3.00. The summed E-state index contributed by atoms with van der Waals surface area (Å²) in [5.41, 5.74) is 9.90. The second-order valence-electron chi connectivity index (χ2n) is 9.75. The van der Waals surface area contributed by atoms with Crippen molar-refractivity contribution in [3.8, 4) is 28.1 Å². The molecule has 6 aromatic rings. The van der Waals surface area contributed by atoms with Gasteiger partial charge in [-0.2, -0.15) is 5.10 Å². The fraction of sp³-hybridized carbons (Fsp3) is 0.0588. The Bertz CT molecular complexity index is 1960. The molecule has 2 heterocycles. The lowest BCUT2D eigenvalue weighted by molar-refractivity contribution is -0.123. The lowest BCUT2D eigenvalue weighted by Crippen LogP contribution is -2.24. The number of aromatic nitrogens is 2. The summed E-state index contributed by atoms with van der Waals surface area (Å²) in [6.07, 6.45) is 1.47. The van der Waals surface area contributed by atoms with Crippen molar-refractivity contribution >= 4 is 61.5 Å². The highest BCUT2D eigenvalue weighted by Crippen LogP contribution is 2.34. The van der Waals surface area contributed by atoms with Crippen molar-refractivity contribution in [2.24, 2.45) is 5.10 Å². The Labute approximate surface area is 256 Å². The zero-order valence-corrected chi connectivity index (χ0v) is 24.9. The van der Waals surface area contributed by atoms with Crippen molar-refractivity contribution < 1.29 is 9.53 Å². The number of pyridine rings is 2. The molecule has 6 rings (SSSR count). The van der Waals surface area contributed by atoms with Crippen LogP contribution in [-0.2, 0) is 4.79 Å². The molecule has 8 heteroatoms. The molecule has 42 heavy (non-hydrogen) atoms. The van der Waals surface area contributed by atoms with Gasteiger partial charge in [0.15, 0.2) is 6.61 Å². The quantitative estimate of drug-likeness (QED) is 0.109. The van der Waals surface area contributed by atoms with E-state index in [0.717, 1.165) is 54.2 Å². The number of hydrogen-bond acceptors (Lipinski definition) is 5. The van der Waals surface area contributed by atoms with Crippen LogP contribution in [0.3, 0.4) is 0 Å². The van der Waals surface area contributed by atoms with Crippen LogP contribution in [0.1, 0.15) is 11.1 Å². The van der Waals surface area contributed by atoms with Crippen LogP contribution >= 0.6 is 27.5 Å². The van der Waals surface area contributed by atoms with Crippen molar-refractivity contribution in [3.63, 3.8) is 0 Å². The maximum absolute atomic E-state index is 12.3. The Balaban J connectivity index is 1.12. The van der Waals surface area contributed by atoms with Crippen molar-refractivity contribution in [3.05, 3.63) is 124 Å². The van der Waals surface area contributed by atoms with E-state index in [-0.39, 0.29) is 6.61 Å². The number of rotatable bonds is 7. The highest BCUT2D eigenvalue weighted by Gasteiger charge is 2.11. The number of nitrogens with zero attached hydrogens (tertiary/aromatic N) is 3. The minimum Gasteiger partial charge on any atom is -0.484 e. The molecule has 2 aromatic heterocycles. The molecule has 0 saturated heterocycles. The molecule has 0 aliphatic carbocycles. The molecule has 0 atom stereocenters. The van der Waals surface area contributed by atoms with Gasteiger partial charge in [-0.25, -0.2) is 15.4 Å². The average molecular weight is 636 g/mol. The number of amides is 1. The van der Waals surface area contributed by atoms with E-state index in [1.807, 2.05) is 85.8 Å². The van der Waals surface area contributed by atoms with Crippen LogP contribution < -0.4 is 10.2 Å². The van der Waals surface area contributed by atoms with Crippen molar-refractivity contribution in [1.29, 1.82) is 0 Å². The third kappa shape index (κ3) is 6.17. The van der Waals surface area contributed by atoms with Crippen LogP contribution in [0.5, 0.6) is 5.75 Å². The molecule has 0 unspecified atom stereocenters. The van der Waals surface area contributed by atoms with Crippen LogP contribution in [0.25, 0.3) is 44.2 Å². The zero-order chi connectivity index (χ0) is 29.1. The van der Waals surface area contributed by atoms with E-state index < -0.39 is 5.91 Å². The Morgan fingerprint density at radius 2 is 1.71 bits per heavy atom. The van der Waals surface area contributed by atoms with Gasteiger partial charge in [0, 0.05) is 26.4 Å². The second-order valence-corrected chi connectivity index (χ2v) is 11.0. The lowest BCUT2D eigenvalue weighted by Gasteiger charge is -2.11. The van der Waals surface area contributed by atoms with Gasteiger partial charge in [-0.05, 0) is 84.3 Å². The maximum Gasteiger partial charge on any atom is 0.277 e. The molecule has 0 bridgehead atoms. The first-order chi connectivity index (χ1) is 20.4. The van der Waals surface area contributed by atoms with E-state index in [9.17, 15) is 4.79 Å². The van der Waals surface area contributed by atoms with Crippen LogP contribution in [-0.4, -0.2) is 28.7 Å². The monoisotopic (exact) mass is 634 g/mol. The molecule has 1 N–H and O–H groups in total. The highest BCUT2D eigenvalue weighted by molar-refractivity contribution is 9.10. The van der Waals surface area contributed by atoms with Crippen LogP contribution in [0.4, 0.5) is 0 Å². The van der Waals surface area contributed by atoms with Gasteiger partial charge in [0.05, 0.1) is 22.9 Å². The van der Waals surface area contributed by atoms with Gasteiger partial charge in [-0.15, -0.1) is 0 Å². The van der Waals surface area contributed by atoms with Gasteiger partial charge in [0.2, 0.25) is 0 Å². The predicted molar refractivity (Wildman–Crippen MR) is 173 cm³/mol. The number of fused-ring (bicyclic) bond motifs is 2. The largest absolute Gasteiger partial charge is 0.484 e. The molecule has 0 aliphatic rings. The molecule has 206 valence electrons. The number of aryl methyl sites for hydroxylation is 1. The molecule has 0 radical (unpaired) electrons. The van der Waals surface area contributed by atoms with Gasteiger partial charge < -0.3 is 4.74 Å². The summed E-state index contributed by atoms with van der Waals surface area (Å²) in [6.45, 7) is 1.81. The van der Waals surface area contributed by atoms with Crippen molar-refractivity contribution in [2.75, 3.05) is 6.61 Å². The summed E-state index contributed by atoms with van der Waals surface area (Å²) in [4.78, 5) is 21.7. The third-order valence-corrected chi connectivity index (χ3v) is 7.52. The second kappa shape index (κ2) is 12.1. The topological polar surface area (TPSA) is 76.5 Å². The Hall–Kier alpha value is -4.59. The summed E-state index contributed by atoms with van der Waals surface area (Å²) < 4.78 is 6.68. The SMILES string of the molecule is Cc1ccc2cc(/C=N\NC(=O)COc3ccc(-c4cc(-c5ccccc5)c5cc(Br)ccc5n4)cc3)c(Cl)nc2c1. The summed E-state index contributed by atoms with van der Waals surface area (Å²) in [5.74, 6) is 0.161. The van der Waals surface area contributed by atoms with E-state index in [2.05, 4.69) is 55.7 Å². The summed E-state index contributed by atoms with van der Waals surface area (Å²) >= 11 is 9.88. The standard InChI is InChI=1S/C34H24BrClN4O2/c1-21-7-8-24-16-25(34(36)39-31(24)15-21)19-37-40-33(41)20-42-27-12-9-23(10-13-27)32-18-28(22-5-3-2-4-6-22)29-17-26(35)11-14-30(29)38-32/h2-19H,20H2,1H3,(H,40,41)/b37-19-. The van der Waals surface area contributed by atoms with Crippen molar-refractivity contribution in [2.45, 2.75) is 6.92 Å². The first-order valence-corrected chi connectivity index (χ1v) is 14.4. The van der Waals surface area contributed by atoms with E-state index in [0.29, 0.717) is 16.5 Å². The van der Waals surface area contributed by atoms with Gasteiger partial charge in [-0.3, -0.25) is 4.79 Å². The molecule has 4 aromatic carbocycles. The Morgan fingerprint density at radius 3 is 2.52 bits per heavy atom. The first kappa shape index (κ1) is 27.6. The summed E-state index contributed by atoms with van der Waals surface area (Å²) in [6, 6.07) is 33.8. The first-order valence-electron chi connectivity index (χ1n) is 13.2. The molecule has 0 fully saturated rings. The van der Waals surface area contributed by atoms with Crippen LogP contribution in [0, 0.1) is 6.92 Å². The molecule has 6 nitrogen and oxygen atoms in total. The van der Waals surface area contributed by atoms with E-state index in [1.54, 1.807) is 0 Å². The van der Waals surface area contributed by atoms with Crippen molar-refractivity contribution in [1.82, 2.24) is 15.4 Å². The van der Waals surface area contributed by atoms with E-state index in [1.165, 1.54) is 6.21 Å². The normalized spacial score (nSPS) is 11.3. The predicted octanol–water partition coefficient (Wildman–Crippen LogP) is 8.37.